The van der Waals surface area contributed by atoms with E-state index in [0.29, 0.717) is 16.5 Å². The lowest BCUT2D eigenvalue weighted by Gasteiger charge is -2.03. The highest BCUT2D eigenvalue weighted by molar-refractivity contribution is 5.98. The lowest BCUT2D eigenvalue weighted by atomic mass is 10.1. The Hall–Kier alpha value is -2.25. The van der Waals surface area contributed by atoms with Crippen LogP contribution in [-0.2, 0) is 16.1 Å². The Bertz CT molecular complexity index is 691. The molecule has 0 amide bonds. The van der Waals surface area contributed by atoms with E-state index in [0.717, 1.165) is 0 Å². The lowest BCUT2D eigenvalue weighted by molar-refractivity contribution is -0.143. The van der Waals surface area contributed by atoms with E-state index in [2.05, 4.69) is 5.10 Å². The molecule has 2 aromatic rings. The standard InChI is InChI=1S/C14H17N3O4/c1-3-21-12(19)7-17-11-5-4-9(8(2)18)6-10(11)13(16-17)14(15)20/h4-6,14,20H,3,7,15H2,1-2H3. The molecule has 0 saturated heterocycles. The van der Waals surface area contributed by atoms with Gasteiger partial charge < -0.3 is 15.6 Å². The molecule has 0 radical (unpaired) electrons. The molecule has 1 atom stereocenters. The molecule has 3 N–H and O–H groups in total. The number of carbonyl (C=O) groups excluding carboxylic acids is 2. The van der Waals surface area contributed by atoms with Crippen LogP contribution in [0.15, 0.2) is 18.2 Å². The Morgan fingerprint density at radius 1 is 1.48 bits per heavy atom. The molecule has 7 heteroatoms. The van der Waals surface area contributed by atoms with Crippen molar-refractivity contribution < 1.29 is 19.4 Å². The Morgan fingerprint density at radius 2 is 2.19 bits per heavy atom. The maximum absolute atomic E-state index is 11.6. The highest BCUT2D eigenvalue weighted by atomic mass is 16.5. The molecule has 1 unspecified atom stereocenters. The van der Waals surface area contributed by atoms with Crippen molar-refractivity contribution >= 4 is 22.7 Å². The van der Waals surface area contributed by atoms with Crippen molar-refractivity contribution in [3.05, 3.63) is 29.5 Å². The van der Waals surface area contributed by atoms with Crippen molar-refractivity contribution in [1.29, 1.82) is 0 Å². The van der Waals surface area contributed by atoms with Gasteiger partial charge in [0.05, 0.1) is 12.1 Å². The average molecular weight is 291 g/mol. The summed E-state index contributed by atoms with van der Waals surface area (Å²) >= 11 is 0. The summed E-state index contributed by atoms with van der Waals surface area (Å²) < 4.78 is 6.28. The number of ether oxygens (including phenoxy) is 1. The van der Waals surface area contributed by atoms with E-state index in [-0.39, 0.29) is 24.6 Å². The maximum atomic E-state index is 11.6. The zero-order chi connectivity index (χ0) is 15.6. The molecule has 0 aliphatic carbocycles. The van der Waals surface area contributed by atoms with Crippen LogP contribution in [0.2, 0.25) is 0 Å². The predicted molar refractivity (Wildman–Crippen MR) is 75.5 cm³/mol. The predicted octanol–water partition coefficient (Wildman–Crippen LogP) is 0.752. The number of Topliss-reactive ketones (excluding diaryl/α,β-unsaturated/α-hetero) is 1. The van der Waals surface area contributed by atoms with Crippen LogP contribution in [0.25, 0.3) is 10.9 Å². The first-order chi connectivity index (χ1) is 9.93. The van der Waals surface area contributed by atoms with E-state index in [1.807, 2.05) is 0 Å². The average Bonchev–Trinajstić information content (AvgIpc) is 2.77. The van der Waals surface area contributed by atoms with Crippen molar-refractivity contribution in [3.63, 3.8) is 0 Å². The normalized spacial score (nSPS) is 12.4. The van der Waals surface area contributed by atoms with Gasteiger partial charge in [0.15, 0.2) is 5.78 Å². The molecular formula is C14H17N3O4. The van der Waals surface area contributed by atoms with Crippen LogP contribution in [0.3, 0.4) is 0 Å². The topological polar surface area (TPSA) is 107 Å². The largest absolute Gasteiger partial charge is 0.465 e. The minimum Gasteiger partial charge on any atom is -0.465 e. The van der Waals surface area contributed by atoms with E-state index in [1.165, 1.54) is 11.6 Å². The molecular weight excluding hydrogens is 274 g/mol. The second-order valence-corrected chi connectivity index (χ2v) is 4.58. The number of fused-ring (bicyclic) bond motifs is 1. The van der Waals surface area contributed by atoms with Gasteiger partial charge in [-0.15, -0.1) is 0 Å². The van der Waals surface area contributed by atoms with Gasteiger partial charge in [-0.25, -0.2) is 0 Å². The summed E-state index contributed by atoms with van der Waals surface area (Å²) in [4.78, 5) is 23.0. The number of esters is 1. The van der Waals surface area contributed by atoms with Gasteiger partial charge in [0.1, 0.15) is 18.5 Å². The number of hydrogen-bond acceptors (Lipinski definition) is 6. The zero-order valence-corrected chi connectivity index (χ0v) is 11.9. The fourth-order valence-corrected chi connectivity index (χ4v) is 2.09. The highest BCUT2D eigenvalue weighted by Crippen LogP contribution is 2.23. The Balaban J connectivity index is 2.52. The molecule has 0 fully saturated rings. The van der Waals surface area contributed by atoms with Gasteiger partial charge in [-0.05, 0) is 32.0 Å². The number of aliphatic hydroxyl groups is 1. The van der Waals surface area contributed by atoms with Crippen LogP contribution in [0.5, 0.6) is 0 Å². The third kappa shape index (κ3) is 3.09. The molecule has 1 heterocycles. The molecule has 1 aromatic heterocycles. The second kappa shape index (κ2) is 6.02. The number of rotatable bonds is 5. The Kier molecular flexibility index (Phi) is 4.35. The van der Waals surface area contributed by atoms with Gasteiger partial charge in [0.25, 0.3) is 0 Å². The number of hydrogen-bond donors (Lipinski definition) is 2. The molecule has 0 aliphatic heterocycles. The molecule has 112 valence electrons. The molecule has 0 spiro atoms. The van der Waals surface area contributed by atoms with E-state index >= 15 is 0 Å². The van der Waals surface area contributed by atoms with E-state index in [9.17, 15) is 14.7 Å². The summed E-state index contributed by atoms with van der Waals surface area (Å²) in [6.07, 6.45) is -1.29. The summed E-state index contributed by atoms with van der Waals surface area (Å²) in [5, 5.41) is 14.3. The van der Waals surface area contributed by atoms with Gasteiger partial charge in [0.2, 0.25) is 0 Å². The van der Waals surface area contributed by atoms with E-state index in [4.69, 9.17) is 10.5 Å². The lowest BCUT2D eigenvalue weighted by Crippen LogP contribution is -2.15. The number of ketones is 1. The highest BCUT2D eigenvalue weighted by Gasteiger charge is 2.18. The SMILES string of the molecule is CCOC(=O)Cn1nc(C(N)O)c2cc(C(C)=O)ccc21. The molecule has 21 heavy (non-hydrogen) atoms. The fraction of sp³-hybridized carbons (Fsp3) is 0.357. The molecule has 2 rings (SSSR count). The number of aliphatic hydroxyl groups excluding tert-OH is 1. The van der Waals surface area contributed by atoms with Gasteiger partial charge in [-0.2, -0.15) is 5.10 Å². The molecule has 0 aliphatic rings. The quantitative estimate of drug-likeness (QED) is 0.478. The maximum Gasteiger partial charge on any atom is 0.327 e. The van der Waals surface area contributed by atoms with Crippen molar-refractivity contribution in [1.82, 2.24) is 9.78 Å². The molecule has 0 saturated carbocycles. The summed E-state index contributed by atoms with van der Waals surface area (Å²) in [6, 6.07) is 4.92. The third-order valence-electron chi connectivity index (χ3n) is 3.05. The number of aromatic nitrogens is 2. The molecule has 7 nitrogen and oxygen atoms in total. The third-order valence-corrected chi connectivity index (χ3v) is 3.05. The summed E-state index contributed by atoms with van der Waals surface area (Å²) in [5.74, 6) is -0.539. The van der Waals surface area contributed by atoms with Crippen LogP contribution in [0.4, 0.5) is 0 Å². The summed E-state index contributed by atoms with van der Waals surface area (Å²) in [7, 11) is 0. The van der Waals surface area contributed by atoms with Gasteiger partial charge in [0, 0.05) is 10.9 Å². The van der Waals surface area contributed by atoms with Crippen molar-refractivity contribution in [2.75, 3.05) is 6.61 Å². The Labute approximate surface area is 121 Å². The Morgan fingerprint density at radius 3 is 2.76 bits per heavy atom. The minimum absolute atomic E-state index is 0.0868. The van der Waals surface area contributed by atoms with Crippen LogP contribution < -0.4 is 5.73 Å². The van der Waals surface area contributed by atoms with Crippen LogP contribution >= 0.6 is 0 Å². The minimum atomic E-state index is -1.29. The smallest absolute Gasteiger partial charge is 0.327 e. The van der Waals surface area contributed by atoms with Crippen LogP contribution in [0, 0.1) is 0 Å². The van der Waals surface area contributed by atoms with E-state index < -0.39 is 12.2 Å². The molecule has 1 aromatic carbocycles. The first-order valence-electron chi connectivity index (χ1n) is 6.54. The second-order valence-electron chi connectivity index (χ2n) is 4.58. The van der Waals surface area contributed by atoms with E-state index in [1.54, 1.807) is 25.1 Å². The first-order valence-corrected chi connectivity index (χ1v) is 6.54. The van der Waals surface area contributed by atoms with Gasteiger partial charge in [-0.3, -0.25) is 14.3 Å². The summed E-state index contributed by atoms with van der Waals surface area (Å²) in [5.41, 5.74) is 6.80. The summed E-state index contributed by atoms with van der Waals surface area (Å²) in [6.45, 7) is 3.35. The number of nitrogens with two attached hydrogens (primary N) is 1. The van der Waals surface area contributed by atoms with Gasteiger partial charge in [-0.1, -0.05) is 0 Å². The number of benzene rings is 1. The zero-order valence-electron chi connectivity index (χ0n) is 11.9. The number of nitrogens with zero attached hydrogens (tertiary/aromatic N) is 2. The fourth-order valence-electron chi connectivity index (χ4n) is 2.09. The van der Waals surface area contributed by atoms with Crippen LogP contribution in [-0.4, -0.2) is 33.2 Å². The molecule has 0 bridgehead atoms. The van der Waals surface area contributed by atoms with Crippen molar-refractivity contribution in [3.8, 4) is 0 Å². The first kappa shape index (κ1) is 15.1. The van der Waals surface area contributed by atoms with Crippen molar-refractivity contribution in [2.45, 2.75) is 26.6 Å². The monoisotopic (exact) mass is 291 g/mol. The van der Waals surface area contributed by atoms with Gasteiger partial charge >= 0.3 is 5.97 Å². The van der Waals surface area contributed by atoms with Crippen molar-refractivity contribution in [2.24, 2.45) is 5.73 Å². The van der Waals surface area contributed by atoms with Crippen LogP contribution in [0.1, 0.15) is 36.1 Å². The number of carbonyl (C=O) groups is 2.